The zero-order chi connectivity index (χ0) is 20.9. The summed E-state index contributed by atoms with van der Waals surface area (Å²) in [4.78, 5) is 24.5. The van der Waals surface area contributed by atoms with Gasteiger partial charge >= 0.3 is 0 Å². The van der Waals surface area contributed by atoms with E-state index in [1.54, 1.807) is 18.3 Å². The molecule has 1 saturated heterocycles. The number of pyridine rings is 1. The molecule has 1 aliphatic rings. The summed E-state index contributed by atoms with van der Waals surface area (Å²) >= 11 is 1.49. The van der Waals surface area contributed by atoms with E-state index in [2.05, 4.69) is 27.3 Å². The van der Waals surface area contributed by atoms with Crippen LogP contribution in [0.25, 0.3) is 0 Å². The van der Waals surface area contributed by atoms with E-state index >= 15 is 0 Å². The van der Waals surface area contributed by atoms with Crippen molar-refractivity contribution in [2.75, 3.05) is 25.0 Å². The van der Waals surface area contributed by atoms with Gasteiger partial charge in [-0.2, -0.15) is 0 Å². The summed E-state index contributed by atoms with van der Waals surface area (Å²) in [5, 5.41) is 3.54. The highest BCUT2D eigenvalue weighted by atomic mass is 32.1. The summed E-state index contributed by atoms with van der Waals surface area (Å²) in [5.74, 6) is 0.0886. The highest BCUT2D eigenvalue weighted by Gasteiger charge is 2.24. The van der Waals surface area contributed by atoms with Gasteiger partial charge in [0.1, 0.15) is 5.82 Å². The van der Waals surface area contributed by atoms with Gasteiger partial charge in [-0.15, -0.1) is 11.3 Å². The van der Waals surface area contributed by atoms with E-state index in [-0.39, 0.29) is 11.7 Å². The van der Waals surface area contributed by atoms with Gasteiger partial charge in [0.2, 0.25) is 5.91 Å². The fourth-order valence-electron chi connectivity index (χ4n) is 3.83. The predicted octanol–water partition coefficient (Wildman–Crippen LogP) is 4.39. The number of rotatable bonds is 6. The van der Waals surface area contributed by atoms with Crippen molar-refractivity contribution in [2.24, 2.45) is 0 Å². The fourth-order valence-corrected chi connectivity index (χ4v) is 4.52. The second-order valence-corrected chi connectivity index (χ2v) is 9.03. The zero-order valence-corrected chi connectivity index (χ0v) is 17.8. The van der Waals surface area contributed by atoms with Crippen LogP contribution >= 0.6 is 11.3 Å². The van der Waals surface area contributed by atoms with Crippen molar-refractivity contribution in [3.8, 4) is 0 Å². The summed E-state index contributed by atoms with van der Waals surface area (Å²) in [6.45, 7) is 4.09. The average Bonchev–Trinajstić information content (AvgIpc) is 3.15. The second-order valence-electron chi connectivity index (χ2n) is 7.79. The zero-order valence-electron chi connectivity index (χ0n) is 17.0. The largest absolute Gasteiger partial charge is 0.301 e. The molecule has 3 heterocycles. The Bertz CT molecular complexity index is 987. The van der Waals surface area contributed by atoms with Crippen LogP contribution in [-0.4, -0.2) is 40.4 Å². The predicted molar refractivity (Wildman–Crippen MR) is 117 cm³/mol. The molecule has 1 fully saturated rings. The maximum Gasteiger partial charge on any atom is 0.240 e. The van der Waals surface area contributed by atoms with Crippen molar-refractivity contribution in [1.29, 1.82) is 0 Å². The van der Waals surface area contributed by atoms with Crippen molar-refractivity contribution < 1.29 is 9.18 Å². The van der Waals surface area contributed by atoms with E-state index in [0.717, 1.165) is 54.0 Å². The number of carbonyl (C=O) groups excluding carboxylic acids is 1. The molecule has 1 atom stereocenters. The topological polar surface area (TPSA) is 58.1 Å². The van der Waals surface area contributed by atoms with Crippen LogP contribution < -0.4 is 5.32 Å². The third-order valence-corrected chi connectivity index (χ3v) is 6.16. The molecule has 0 spiro atoms. The van der Waals surface area contributed by atoms with Crippen molar-refractivity contribution in [1.82, 2.24) is 14.9 Å². The Kier molecular flexibility index (Phi) is 6.50. The first-order valence-electron chi connectivity index (χ1n) is 10.2. The number of likely N-dealkylation sites (tertiary alicyclic amines) is 1. The van der Waals surface area contributed by atoms with Gasteiger partial charge in [0.05, 0.1) is 6.54 Å². The molecule has 1 N–H and O–H groups in total. The summed E-state index contributed by atoms with van der Waals surface area (Å²) in [7, 11) is 0. The van der Waals surface area contributed by atoms with Crippen molar-refractivity contribution in [3.63, 3.8) is 0 Å². The molecule has 0 unspecified atom stereocenters. The lowest BCUT2D eigenvalue weighted by atomic mass is 9.93. The van der Waals surface area contributed by atoms with Gasteiger partial charge < -0.3 is 5.32 Å². The maximum absolute atomic E-state index is 13.1. The Balaban J connectivity index is 1.32. The number of hydrogen-bond acceptors (Lipinski definition) is 5. The number of anilines is 1. The lowest BCUT2D eigenvalue weighted by Crippen LogP contribution is -2.40. The van der Waals surface area contributed by atoms with E-state index in [9.17, 15) is 9.18 Å². The number of hydrogen-bond donors (Lipinski definition) is 1. The fraction of sp³-hybridized carbons (Fsp3) is 0.348. The normalized spacial score (nSPS) is 17.1. The van der Waals surface area contributed by atoms with Gasteiger partial charge in [-0.05, 0) is 62.1 Å². The average molecular weight is 425 g/mol. The third-order valence-electron chi connectivity index (χ3n) is 5.33. The second kappa shape index (κ2) is 9.45. The molecule has 0 radical (unpaired) electrons. The number of aryl methyl sites for hydroxylation is 1. The van der Waals surface area contributed by atoms with Gasteiger partial charge in [-0.1, -0.05) is 18.2 Å². The number of aromatic nitrogens is 2. The first-order valence-corrected chi connectivity index (χ1v) is 11.0. The molecule has 7 heteroatoms. The molecule has 2 aromatic heterocycles. The Hall–Kier alpha value is -2.64. The summed E-state index contributed by atoms with van der Waals surface area (Å²) in [5.41, 5.74) is 3.24. The lowest BCUT2D eigenvalue weighted by Gasteiger charge is -2.31. The van der Waals surface area contributed by atoms with Crippen LogP contribution in [0.4, 0.5) is 9.52 Å². The Morgan fingerprint density at radius 1 is 1.17 bits per heavy atom. The van der Waals surface area contributed by atoms with Crippen LogP contribution in [0.2, 0.25) is 0 Å². The molecule has 1 amide bonds. The number of amides is 1. The van der Waals surface area contributed by atoms with Gasteiger partial charge in [-0.3, -0.25) is 14.7 Å². The van der Waals surface area contributed by atoms with Crippen LogP contribution in [0.5, 0.6) is 0 Å². The summed E-state index contributed by atoms with van der Waals surface area (Å²) < 4.78 is 13.1. The number of nitrogens with zero attached hydrogens (tertiary/aromatic N) is 3. The Morgan fingerprint density at radius 2 is 1.97 bits per heavy atom. The van der Waals surface area contributed by atoms with Crippen molar-refractivity contribution in [2.45, 2.75) is 32.1 Å². The van der Waals surface area contributed by atoms with Crippen molar-refractivity contribution in [3.05, 3.63) is 76.3 Å². The molecule has 0 aliphatic carbocycles. The standard InChI is InChI=1S/C23H25FN4OS/c1-16-12-26-23(30-16)27-22(29)15-28-10-2-3-19(14-28)21-9-6-18(13-25-21)11-17-4-7-20(24)8-5-17/h4-9,12-13,19H,2-3,10-11,14-15H2,1H3,(H,26,27,29)/t19-/m0/s1. The molecule has 30 heavy (non-hydrogen) atoms. The van der Waals surface area contributed by atoms with Gasteiger partial charge in [-0.25, -0.2) is 9.37 Å². The summed E-state index contributed by atoms with van der Waals surface area (Å²) in [6.07, 6.45) is 6.54. The molecule has 5 nitrogen and oxygen atoms in total. The molecule has 1 aliphatic heterocycles. The minimum absolute atomic E-state index is 0.0207. The Morgan fingerprint density at radius 3 is 2.67 bits per heavy atom. The molecule has 0 bridgehead atoms. The first-order chi connectivity index (χ1) is 14.5. The van der Waals surface area contributed by atoms with Crippen LogP contribution in [0.15, 0.2) is 48.8 Å². The maximum atomic E-state index is 13.1. The molecular formula is C23H25FN4OS. The van der Waals surface area contributed by atoms with Crippen molar-refractivity contribution >= 4 is 22.4 Å². The number of nitrogens with one attached hydrogen (secondary N) is 1. The third kappa shape index (κ3) is 5.49. The van der Waals surface area contributed by atoms with E-state index in [1.165, 1.54) is 23.5 Å². The number of thiazole rings is 1. The number of carbonyl (C=O) groups is 1. The number of halogens is 1. The molecule has 3 aromatic rings. The van der Waals surface area contributed by atoms with E-state index in [4.69, 9.17) is 4.98 Å². The lowest BCUT2D eigenvalue weighted by molar-refractivity contribution is -0.117. The van der Waals surface area contributed by atoms with Crippen LogP contribution in [0.1, 0.15) is 40.5 Å². The Labute approximate surface area is 180 Å². The number of piperidine rings is 1. The molecular weight excluding hydrogens is 399 g/mol. The quantitative estimate of drug-likeness (QED) is 0.637. The molecule has 0 saturated carbocycles. The molecule has 4 rings (SSSR count). The van der Waals surface area contributed by atoms with Gasteiger partial charge in [0.15, 0.2) is 5.13 Å². The number of benzene rings is 1. The monoisotopic (exact) mass is 424 g/mol. The van der Waals surface area contributed by atoms with E-state index < -0.39 is 0 Å². The highest BCUT2D eigenvalue weighted by molar-refractivity contribution is 7.15. The molecule has 1 aromatic carbocycles. The van der Waals surface area contributed by atoms with Crippen LogP contribution in [0, 0.1) is 12.7 Å². The highest BCUT2D eigenvalue weighted by Crippen LogP contribution is 2.26. The van der Waals surface area contributed by atoms with Crippen LogP contribution in [0.3, 0.4) is 0 Å². The van der Waals surface area contributed by atoms with E-state index in [0.29, 0.717) is 17.6 Å². The van der Waals surface area contributed by atoms with E-state index in [1.807, 2.05) is 13.1 Å². The van der Waals surface area contributed by atoms with Gasteiger partial charge in [0, 0.05) is 35.4 Å². The molecule has 156 valence electrons. The minimum atomic E-state index is -0.218. The minimum Gasteiger partial charge on any atom is -0.301 e. The SMILES string of the molecule is Cc1cnc(NC(=O)CN2CCC[C@H](c3ccc(Cc4ccc(F)cc4)cn3)C2)s1. The first kappa shape index (κ1) is 20.6. The van der Waals surface area contributed by atoms with Gasteiger partial charge in [0.25, 0.3) is 0 Å². The van der Waals surface area contributed by atoms with Crippen LogP contribution in [-0.2, 0) is 11.2 Å². The smallest absolute Gasteiger partial charge is 0.240 e. The summed E-state index contributed by atoms with van der Waals surface area (Å²) in [6, 6.07) is 10.8.